The monoisotopic (exact) mass is 307 g/mol. The first-order valence-electron chi connectivity index (χ1n) is 6.87. The van der Waals surface area contributed by atoms with E-state index in [1.165, 1.54) is 24.4 Å². The van der Waals surface area contributed by atoms with Crippen LogP contribution in [0.2, 0.25) is 0 Å². The van der Waals surface area contributed by atoms with Crippen LogP contribution in [0.15, 0.2) is 59.6 Å². The Morgan fingerprint density at radius 3 is 2.48 bits per heavy atom. The van der Waals surface area contributed by atoms with Crippen LogP contribution < -0.4 is 0 Å². The lowest BCUT2D eigenvalue weighted by atomic mass is 10.0. The van der Waals surface area contributed by atoms with E-state index >= 15 is 0 Å². The highest BCUT2D eigenvalue weighted by Crippen LogP contribution is 2.30. The number of benzene rings is 3. The molecule has 0 atom stereocenters. The zero-order chi connectivity index (χ0) is 16.4. The number of carboxylic acid groups (broad SMARTS) is 1. The summed E-state index contributed by atoms with van der Waals surface area (Å²) in [7, 11) is 0. The minimum Gasteiger partial charge on any atom is -0.507 e. The maximum atomic E-state index is 11.0. The molecular weight excluding hydrogens is 294 g/mol. The summed E-state index contributed by atoms with van der Waals surface area (Å²) in [6.45, 7) is 0. The van der Waals surface area contributed by atoms with Crippen molar-refractivity contribution >= 4 is 28.6 Å². The number of fused-ring (bicyclic) bond motifs is 1. The standard InChI is InChI=1S/C18H13NO4/c20-16-7-5-11-3-1-2-4-13(11)14(16)10-19-15-9-12(18(22)23)6-8-17(15)21/h1-10,20-21H,(H,22,23). The van der Waals surface area contributed by atoms with Gasteiger partial charge >= 0.3 is 5.97 Å². The second-order valence-corrected chi connectivity index (χ2v) is 4.99. The van der Waals surface area contributed by atoms with Crippen molar-refractivity contribution in [3.05, 3.63) is 65.7 Å². The maximum Gasteiger partial charge on any atom is 0.335 e. The van der Waals surface area contributed by atoms with Crippen molar-refractivity contribution in [2.75, 3.05) is 0 Å². The molecule has 0 bridgehead atoms. The Morgan fingerprint density at radius 1 is 0.957 bits per heavy atom. The number of phenols is 2. The zero-order valence-electron chi connectivity index (χ0n) is 12.0. The number of hydrogen-bond acceptors (Lipinski definition) is 4. The van der Waals surface area contributed by atoms with Crippen LogP contribution in [0.25, 0.3) is 10.8 Å². The Hall–Kier alpha value is -3.34. The fourth-order valence-electron chi connectivity index (χ4n) is 2.31. The summed E-state index contributed by atoms with van der Waals surface area (Å²) in [5.41, 5.74) is 0.651. The van der Waals surface area contributed by atoms with Crippen molar-refractivity contribution < 1.29 is 20.1 Å². The lowest BCUT2D eigenvalue weighted by Crippen LogP contribution is -1.94. The second kappa shape index (κ2) is 5.81. The number of aromatic hydroxyl groups is 2. The lowest BCUT2D eigenvalue weighted by Gasteiger charge is -2.05. The van der Waals surface area contributed by atoms with Crippen molar-refractivity contribution in [1.29, 1.82) is 0 Å². The first-order chi connectivity index (χ1) is 11.1. The Kier molecular flexibility index (Phi) is 3.68. The SMILES string of the molecule is O=C(O)c1ccc(O)c(N=Cc2c(O)ccc3ccccc23)c1. The van der Waals surface area contributed by atoms with E-state index < -0.39 is 5.97 Å². The molecule has 0 fully saturated rings. The van der Waals surface area contributed by atoms with Crippen LogP contribution >= 0.6 is 0 Å². The van der Waals surface area contributed by atoms with Gasteiger partial charge in [0.25, 0.3) is 0 Å². The molecule has 0 unspecified atom stereocenters. The largest absolute Gasteiger partial charge is 0.507 e. The normalized spacial score (nSPS) is 11.1. The van der Waals surface area contributed by atoms with E-state index in [0.717, 1.165) is 10.8 Å². The summed E-state index contributed by atoms with van der Waals surface area (Å²) in [6, 6.07) is 14.7. The van der Waals surface area contributed by atoms with Crippen LogP contribution in [0, 0.1) is 0 Å². The molecule has 3 rings (SSSR count). The minimum atomic E-state index is -1.10. The first-order valence-corrected chi connectivity index (χ1v) is 6.87. The number of aromatic carboxylic acids is 1. The number of carboxylic acids is 1. The molecule has 0 heterocycles. The highest BCUT2D eigenvalue weighted by molar-refractivity contribution is 6.03. The van der Waals surface area contributed by atoms with E-state index in [9.17, 15) is 15.0 Å². The predicted molar refractivity (Wildman–Crippen MR) is 87.9 cm³/mol. The van der Waals surface area contributed by atoms with E-state index in [1.54, 1.807) is 12.1 Å². The molecule has 3 aromatic rings. The van der Waals surface area contributed by atoms with Gasteiger partial charge < -0.3 is 15.3 Å². The van der Waals surface area contributed by atoms with Gasteiger partial charge in [0, 0.05) is 11.8 Å². The Balaban J connectivity index is 2.09. The van der Waals surface area contributed by atoms with Gasteiger partial charge in [0.1, 0.15) is 17.2 Å². The minimum absolute atomic E-state index is 0.0251. The number of rotatable bonds is 3. The molecule has 5 heteroatoms. The van der Waals surface area contributed by atoms with Crippen LogP contribution in [0.1, 0.15) is 15.9 Å². The van der Waals surface area contributed by atoms with Crippen molar-refractivity contribution in [1.82, 2.24) is 0 Å². The van der Waals surface area contributed by atoms with Crippen LogP contribution in [-0.2, 0) is 0 Å². The third-order valence-electron chi connectivity index (χ3n) is 3.50. The van der Waals surface area contributed by atoms with Crippen LogP contribution in [0.3, 0.4) is 0 Å². The number of hydrogen-bond donors (Lipinski definition) is 3. The second-order valence-electron chi connectivity index (χ2n) is 4.99. The zero-order valence-corrected chi connectivity index (χ0v) is 12.0. The fourth-order valence-corrected chi connectivity index (χ4v) is 2.31. The molecule has 0 radical (unpaired) electrons. The number of phenolic OH excluding ortho intramolecular Hbond substituents is 2. The van der Waals surface area contributed by atoms with Crippen LogP contribution in [0.5, 0.6) is 11.5 Å². The van der Waals surface area contributed by atoms with Crippen LogP contribution in [-0.4, -0.2) is 27.5 Å². The van der Waals surface area contributed by atoms with E-state index in [2.05, 4.69) is 4.99 Å². The van der Waals surface area contributed by atoms with Crippen LogP contribution in [0.4, 0.5) is 5.69 Å². The molecule has 0 spiro atoms. The highest BCUT2D eigenvalue weighted by atomic mass is 16.4. The first kappa shape index (κ1) is 14.6. The third kappa shape index (κ3) is 2.85. The van der Waals surface area contributed by atoms with Gasteiger partial charge in [-0.15, -0.1) is 0 Å². The molecule has 5 nitrogen and oxygen atoms in total. The molecule has 0 aliphatic rings. The smallest absolute Gasteiger partial charge is 0.335 e. The van der Waals surface area contributed by atoms with Gasteiger partial charge in [-0.25, -0.2) is 4.79 Å². The van der Waals surface area contributed by atoms with E-state index in [-0.39, 0.29) is 22.7 Å². The van der Waals surface area contributed by atoms with Gasteiger partial charge in [-0.05, 0) is 35.0 Å². The molecule has 0 aliphatic carbocycles. The lowest BCUT2D eigenvalue weighted by molar-refractivity contribution is 0.0697. The summed E-state index contributed by atoms with van der Waals surface area (Å²) in [5, 5.41) is 30.6. The Bertz CT molecular complexity index is 931. The Morgan fingerprint density at radius 2 is 1.70 bits per heavy atom. The van der Waals surface area contributed by atoms with Crippen molar-refractivity contribution in [2.45, 2.75) is 0 Å². The molecule has 3 N–H and O–H groups in total. The average molecular weight is 307 g/mol. The Labute approximate surface area is 131 Å². The van der Waals surface area contributed by atoms with Crippen molar-refractivity contribution in [2.24, 2.45) is 4.99 Å². The van der Waals surface area contributed by atoms with Gasteiger partial charge in [-0.2, -0.15) is 0 Å². The van der Waals surface area contributed by atoms with Gasteiger partial charge in [-0.3, -0.25) is 4.99 Å². The molecule has 23 heavy (non-hydrogen) atoms. The van der Waals surface area contributed by atoms with Gasteiger partial charge in [0.05, 0.1) is 5.56 Å². The molecule has 0 saturated carbocycles. The number of aliphatic imine (C=N–C) groups is 1. The van der Waals surface area contributed by atoms with Gasteiger partial charge in [-0.1, -0.05) is 30.3 Å². The van der Waals surface area contributed by atoms with E-state index in [1.807, 2.05) is 24.3 Å². The summed E-state index contributed by atoms with van der Waals surface area (Å²) in [5.74, 6) is -1.18. The third-order valence-corrected chi connectivity index (χ3v) is 3.50. The summed E-state index contributed by atoms with van der Waals surface area (Å²) in [6.07, 6.45) is 1.42. The fraction of sp³-hybridized carbons (Fsp3) is 0. The van der Waals surface area contributed by atoms with Gasteiger partial charge in [0.2, 0.25) is 0 Å². The number of carbonyl (C=O) groups is 1. The molecule has 3 aromatic carbocycles. The molecule has 0 aromatic heterocycles. The average Bonchev–Trinajstić information content (AvgIpc) is 2.55. The molecule has 0 saturated heterocycles. The summed E-state index contributed by atoms with van der Waals surface area (Å²) >= 11 is 0. The molecular formula is C18H13NO4. The topological polar surface area (TPSA) is 90.1 Å². The molecule has 0 aliphatic heterocycles. The van der Waals surface area contributed by atoms with Crippen molar-refractivity contribution in [3.63, 3.8) is 0 Å². The maximum absolute atomic E-state index is 11.0. The predicted octanol–water partition coefficient (Wildman–Crippen LogP) is 3.70. The molecule has 0 amide bonds. The van der Waals surface area contributed by atoms with Gasteiger partial charge in [0.15, 0.2) is 0 Å². The van der Waals surface area contributed by atoms with E-state index in [4.69, 9.17) is 5.11 Å². The molecule has 114 valence electrons. The summed E-state index contributed by atoms with van der Waals surface area (Å²) in [4.78, 5) is 15.1. The highest BCUT2D eigenvalue weighted by Gasteiger charge is 2.08. The van der Waals surface area contributed by atoms with Crippen molar-refractivity contribution in [3.8, 4) is 11.5 Å². The summed E-state index contributed by atoms with van der Waals surface area (Å²) < 4.78 is 0. The number of nitrogens with zero attached hydrogens (tertiary/aromatic N) is 1. The quantitative estimate of drug-likeness (QED) is 0.643. The van der Waals surface area contributed by atoms with E-state index in [0.29, 0.717) is 5.56 Å².